The van der Waals surface area contributed by atoms with Gasteiger partial charge >= 0.3 is 0 Å². The normalized spacial score (nSPS) is 9.76. The van der Waals surface area contributed by atoms with Crippen LogP contribution in [0.15, 0.2) is 18.2 Å². The Morgan fingerprint density at radius 1 is 1.53 bits per heavy atom. The quantitative estimate of drug-likeness (QED) is 0.597. The summed E-state index contributed by atoms with van der Waals surface area (Å²) in [5.41, 5.74) is 0.733. The molecule has 0 aromatic heterocycles. The Labute approximate surface area is 98.8 Å². The molecule has 0 unspecified atom stereocenters. The van der Waals surface area contributed by atoms with Crippen LogP contribution in [0.2, 0.25) is 0 Å². The highest BCUT2D eigenvalue weighted by molar-refractivity contribution is 6.23. The SMILES string of the molecule is CCOc1ccc(CCNC(=O)C=O)cc1F. The van der Waals surface area contributed by atoms with Crippen molar-refractivity contribution in [1.82, 2.24) is 5.32 Å². The lowest BCUT2D eigenvalue weighted by Crippen LogP contribution is -2.26. The third kappa shape index (κ3) is 4.22. The highest BCUT2D eigenvalue weighted by Crippen LogP contribution is 2.18. The number of amides is 1. The van der Waals surface area contributed by atoms with Crippen LogP contribution in [0, 0.1) is 5.82 Å². The molecule has 17 heavy (non-hydrogen) atoms. The van der Waals surface area contributed by atoms with Gasteiger partial charge in [-0.15, -0.1) is 0 Å². The van der Waals surface area contributed by atoms with E-state index in [0.717, 1.165) is 5.56 Å². The molecule has 0 atom stereocenters. The predicted octanol–water partition coefficient (Wildman–Crippen LogP) is 1.08. The Kier molecular flexibility index (Phi) is 5.13. The molecular weight excluding hydrogens is 225 g/mol. The van der Waals surface area contributed by atoms with Gasteiger partial charge in [0, 0.05) is 6.54 Å². The minimum atomic E-state index is -0.670. The summed E-state index contributed by atoms with van der Waals surface area (Å²) in [4.78, 5) is 20.7. The third-order valence-electron chi connectivity index (χ3n) is 2.12. The second kappa shape index (κ2) is 6.62. The molecule has 0 radical (unpaired) electrons. The van der Waals surface area contributed by atoms with Crippen LogP contribution in [0.5, 0.6) is 5.75 Å². The van der Waals surface area contributed by atoms with Gasteiger partial charge in [0.25, 0.3) is 5.91 Å². The lowest BCUT2D eigenvalue weighted by Gasteiger charge is -2.07. The molecule has 1 rings (SSSR count). The predicted molar refractivity (Wildman–Crippen MR) is 60.3 cm³/mol. The van der Waals surface area contributed by atoms with Crippen molar-refractivity contribution in [3.63, 3.8) is 0 Å². The second-order valence-corrected chi connectivity index (χ2v) is 3.36. The monoisotopic (exact) mass is 239 g/mol. The van der Waals surface area contributed by atoms with Crippen LogP contribution < -0.4 is 10.1 Å². The van der Waals surface area contributed by atoms with Gasteiger partial charge in [-0.3, -0.25) is 9.59 Å². The van der Waals surface area contributed by atoms with Gasteiger partial charge in [0.2, 0.25) is 6.29 Å². The first-order valence-corrected chi connectivity index (χ1v) is 5.31. The first-order valence-electron chi connectivity index (χ1n) is 5.31. The molecule has 0 aliphatic carbocycles. The number of benzene rings is 1. The van der Waals surface area contributed by atoms with Gasteiger partial charge in [-0.05, 0) is 31.0 Å². The number of hydrogen-bond acceptors (Lipinski definition) is 3. The molecule has 1 aromatic carbocycles. The van der Waals surface area contributed by atoms with Crippen LogP contribution in [-0.4, -0.2) is 25.3 Å². The number of hydrogen-bond donors (Lipinski definition) is 1. The number of carbonyl (C=O) groups is 2. The van der Waals surface area contributed by atoms with Crippen molar-refractivity contribution in [3.05, 3.63) is 29.6 Å². The molecule has 0 heterocycles. The molecule has 0 aliphatic heterocycles. The highest BCUT2D eigenvalue weighted by Gasteiger charge is 2.04. The fraction of sp³-hybridized carbons (Fsp3) is 0.333. The van der Waals surface area contributed by atoms with Crippen LogP contribution in [0.3, 0.4) is 0 Å². The molecule has 1 aromatic rings. The van der Waals surface area contributed by atoms with Gasteiger partial charge in [0.1, 0.15) is 0 Å². The van der Waals surface area contributed by atoms with Gasteiger partial charge in [0.15, 0.2) is 11.6 Å². The van der Waals surface area contributed by atoms with Gasteiger partial charge < -0.3 is 10.1 Å². The van der Waals surface area contributed by atoms with E-state index in [1.807, 2.05) is 0 Å². The van der Waals surface area contributed by atoms with Crippen LogP contribution in [0.4, 0.5) is 4.39 Å². The topological polar surface area (TPSA) is 55.4 Å². The Bertz CT molecular complexity index is 407. The number of rotatable bonds is 6. The van der Waals surface area contributed by atoms with Crippen LogP contribution in [0.1, 0.15) is 12.5 Å². The summed E-state index contributed by atoms with van der Waals surface area (Å²) in [5, 5.41) is 2.38. The Morgan fingerprint density at radius 3 is 2.88 bits per heavy atom. The highest BCUT2D eigenvalue weighted by atomic mass is 19.1. The zero-order chi connectivity index (χ0) is 12.7. The number of carbonyl (C=O) groups excluding carboxylic acids is 2. The van der Waals surface area contributed by atoms with Gasteiger partial charge in [0.05, 0.1) is 6.61 Å². The Balaban J connectivity index is 2.52. The Hall–Kier alpha value is -1.91. The smallest absolute Gasteiger partial charge is 0.284 e. The number of aldehydes is 1. The summed E-state index contributed by atoms with van der Waals surface area (Å²) in [6.45, 7) is 2.49. The van der Waals surface area contributed by atoms with E-state index in [0.29, 0.717) is 19.6 Å². The third-order valence-corrected chi connectivity index (χ3v) is 2.12. The fourth-order valence-corrected chi connectivity index (χ4v) is 1.34. The molecule has 0 saturated carbocycles. The Morgan fingerprint density at radius 2 is 2.29 bits per heavy atom. The lowest BCUT2D eigenvalue weighted by atomic mass is 10.1. The van der Waals surface area contributed by atoms with E-state index < -0.39 is 11.7 Å². The molecule has 0 aliphatic rings. The van der Waals surface area contributed by atoms with E-state index in [1.165, 1.54) is 6.07 Å². The minimum Gasteiger partial charge on any atom is -0.491 e. The van der Waals surface area contributed by atoms with Crippen LogP contribution >= 0.6 is 0 Å². The van der Waals surface area contributed by atoms with Crippen molar-refractivity contribution < 1.29 is 18.7 Å². The summed E-state index contributed by atoms with van der Waals surface area (Å²) in [6.07, 6.45) is 0.668. The van der Waals surface area contributed by atoms with Gasteiger partial charge in [-0.2, -0.15) is 0 Å². The van der Waals surface area contributed by atoms with Gasteiger partial charge in [-0.25, -0.2) is 4.39 Å². The molecule has 0 bridgehead atoms. The second-order valence-electron chi connectivity index (χ2n) is 3.36. The summed E-state index contributed by atoms with van der Waals surface area (Å²) in [5.74, 6) is -0.879. The summed E-state index contributed by atoms with van der Waals surface area (Å²) < 4.78 is 18.5. The van der Waals surface area contributed by atoms with Crippen LogP contribution in [-0.2, 0) is 16.0 Å². The van der Waals surface area contributed by atoms with Crippen molar-refractivity contribution >= 4 is 12.2 Å². The first kappa shape index (κ1) is 13.2. The van der Waals surface area contributed by atoms with E-state index in [-0.39, 0.29) is 12.0 Å². The molecule has 0 saturated heterocycles. The van der Waals surface area contributed by atoms with Crippen LogP contribution in [0.25, 0.3) is 0 Å². The summed E-state index contributed by atoms with van der Waals surface area (Å²) >= 11 is 0. The molecule has 0 spiro atoms. The molecule has 1 amide bonds. The largest absolute Gasteiger partial charge is 0.491 e. The standard InChI is InChI=1S/C12H14FNO3/c1-2-17-11-4-3-9(7-10(11)13)5-6-14-12(16)8-15/h3-4,7-8H,2,5-6H2,1H3,(H,14,16). The average molecular weight is 239 g/mol. The van der Waals surface area contributed by atoms with Crippen molar-refractivity contribution in [2.24, 2.45) is 0 Å². The van der Waals surface area contributed by atoms with Crippen molar-refractivity contribution in [3.8, 4) is 5.75 Å². The molecule has 5 heteroatoms. The summed E-state index contributed by atoms with van der Waals surface area (Å²) in [6, 6.07) is 4.63. The average Bonchev–Trinajstić information content (AvgIpc) is 2.32. The van der Waals surface area contributed by atoms with E-state index in [4.69, 9.17) is 4.74 Å². The van der Waals surface area contributed by atoms with E-state index in [9.17, 15) is 14.0 Å². The van der Waals surface area contributed by atoms with E-state index >= 15 is 0 Å². The minimum absolute atomic E-state index is 0.207. The van der Waals surface area contributed by atoms with E-state index in [1.54, 1.807) is 19.1 Å². The number of halogens is 1. The maximum Gasteiger partial charge on any atom is 0.284 e. The lowest BCUT2D eigenvalue weighted by molar-refractivity contribution is -0.131. The van der Waals surface area contributed by atoms with Crippen molar-refractivity contribution in [1.29, 1.82) is 0 Å². The van der Waals surface area contributed by atoms with Crippen molar-refractivity contribution in [2.75, 3.05) is 13.2 Å². The van der Waals surface area contributed by atoms with Crippen molar-refractivity contribution in [2.45, 2.75) is 13.3 Å². The maximum absolute atomic E-state index is 13.4. The number of ether oxygens (including phenoxy) is 1. The molecule has 4 nitrogen and oxygen atoms in total. The van der Waals surface area contributed by atoms with Gasteiger partial charge in [-0.1, -0.05) is 6.07 Å². The number of nitrogens with one attached hydrogen (secondary N) is 1. The first-order chi connectivity index (χ1) is 8.17. The fourth-order valence-electron chi connectivity index (χ4n) is 1.34. The van der Waals surface area contributed by atoms with E-state index in [2.05, 4.69) is 5.32 Å². The molecule has 1 N–H and O–H groups in total. The summed E-state index contributed by atoms with van der Waals surface area (Å²) in [7, 11) is 0. The zero-order valence-corrected chi connectivity index (χ0v) is 9.53. The zero-order valence-electron chi connectivity index (χ0n) is 9.53. The molecule has 0 fully saturated rings. The maximum atomic E-state index is 13.4. The molecular formula is C12H14FNO3. The molecule has 92 valence electrons.